The van der Waals surface area contributed by atoms with Gasteiger partial charge in [0.25, 0.3) is 0 Å². The van der Waals surface area contributed by atoms with Crippen molar-refractivity contribution in [1.29, 1.82) is 0 Å². The van der Waals surface area contributed by atoms with E-state index in [1.807, 2.05) is 11.8 Å². The van der Waals surface area contributed by atoms with Crippen molar-refractivity contribution in [1.82, 2.24) is 24.1 Å². The Morgan fingerprint density at radius 2 is 1.89 bits per heavy atom. The highest BCUT2D eigenvalue weighted by atomic mass is 32.2. The Morgan fingerprint density at radius 3 is 2.49 bits per heavy atom. The molecular weight excluding hydrogens is 499 g/mol. The van der Waals surface area contributed by atoms with Gasteiger partial charge >= 0.3 is 6.18 Å². The van der Waals surface area contributed by atoms with E-state index in [1.165, 1.54) is 22.2 Å². The van der Waals surface area contributed by atoms with Crippen molar-refractivity contribution < 1.29 is 35.5 Å². The van der Waals surface area contributed by atoms with Gasteiger partial charge in [0, 0.05) is 44.5 Å². The number of benzene rings is 1. The molecule has 1 N–H and O–H groups in total. The van der Waals surface area contributed by atoms with Gasteiger partial charge in [-0.05, 0) is 12.5 Å². The van der Waals surface area contributed by atoms with Gasteiger partial charge in [0.1, 0.15) is 5.69 Å². The molecule has 1 saturated heterocycles. The molecule has 0 spiro atoms. The van der Waals surface area contributed by atoms with E-state index in [9.17, 15) is 35.5 Å². The van der Waals surface area contributed by atoms with Crippen LogP contribution in [-0.4, -0.2) is 69.5 Å². The van der Waals surface area contributed by atoms with E-state index in [1.54, 1.807) is 0 Å². The van der Waals surface area contributed by atoms with Crippen molar-refractivity contribution >= 4 is 27.0 Å². The van der Waals surface area contributed by atoms with Crippen LogP contribution in [0.5, 0.6) is 5.75 Å². The molecule has 15 heteroatoms. The molecule has 0 aliphatic carbocycles. The molecule has 2 aromatic heterocycles. The fraction of sp³-hybridized carbons (Fsp3) is 0.450. The summed E-state index contributed by atoms with van der Waals surface area (Å²) in [5.74, 6) is -5.23. The Bertz CT molecular complexity index is 1410. The van der Waals surface area contributed by atoms with Gasteiger partial charge in [0.05, 0.1) is 17.2 Å². The monoisotopic (exact) mass is 520 g/mol. The average molecular weight is 520 g/mol. The Labute approximate surface area is 196 Å². The van der Waals surface area contributed by atoms with Gasteiger partial charge in [0.2, 0.25) is 16.0 Å². The second kappa shape index (κ2) is 8.55. The van der Waals surface area contributed by atoms with Gasteiger partial charge in [-0.2, -0.15) is 27.6 Å². The van der Waals surface area contributed by atoms with Crippen molar-refractivity contribution in [2.75, 3.05) is 30.8 Å². The number of fused-ring (bicyclic) bond motifs is 1. The Balaban J connectivity index is 1.79. The van der Waals surface area contributed by atoms with E-state index in [4.69, 9.17) is 0 Å². The maximum absolute atomic E-state index is 14.6. The summed E-state index contributed by atoms with van der Waals surface area (Å²) in [5.41, 5.74) is -2.74. The molecule has 9 nitrogen and oxygen atoms in total. The Kier molecular flexibility index (Phi) is 6.12. The van der Waals surface area contributed by atoms with E-state index in [2.05, 4.69) is 15.1 Å². The fourth-order valence-corrected chi connectivity index (χ4v) is 4.96. The summed E-state index contributed by atoms with van der Waals surface area (Å²) in [6.07, 6.45) is -2.21. The molecule has 35 heavy (non-hydrogen) atoms. The summed E-state index contributed by atoms with van der Waals surface area (Å²) in [6, 6.07) is 0.0156. The zero-order valence-electron chi connectivity index (χ0n) is 18.8. The van der Waals surface area contributed by atoms with Crippen LogP contribution >= 0.6 is 0 Å². The number of sulfonamides is 1. The molecule has 1 atom stereocenters. The summed E-state index contributed by atoms with van der Waals surface area (Å²) < 4.78 is 94.7. The predicted octanol–water partition coefficient (Wildman–Crippen LogP) is 2.89. The highest BCUT2D eigenvalue weighted by molar-refractivity contribution is 7.88. The first kappa shape index (κ1) is 25.0. The number of hydrogen-bond donors (Lipinski definition) is 1. The lowest BCUT2D eigenvalue weighted by Crippen LogP contribution is -2.54. The van der Waals surface area contributed by atoms with Gasteiger partial charge < -0.3 is 10.0 Å². The van der Waals surface area contributed by atoms with Crippen LogP contribution in [0.2, 0.25) is 0 Å². The summed E-state index contributed by atoms with van der Waals surface area (Å²) in [4.78, 5) is 10.5. The normalized spacial score (nSPS) is 17.9. The number of phenolic OH excluding ortho intramolecular Hbond substituents is 1. The van der Waals surface area contributed by atoms with E-state index in [0.717, 1.165) is 6.26 Å². The maximum Gasteiger partial charge on any atom is 0.419 e. The molecule has 0 unspecified atom stereocenters. The first-order chi connectivity index (χ1) is 16.2. The van der Waals surface area contributed by atoms with Gasteiger partial charge in [-0.15, -0.1) is 0 Å². The van der Waals surface area contributed by atoms with Crippen molar-refractivity contribution in [3.8, 4) is 17.0 Å². The average Bonchev–Trinajstić information content (AvgIpc) is 3.11. The van der Waals surface area contributed by atoms with Crippen molar-refractivity contribution in [2.45, 2.75) is 25.6 Å². The number of hydrogen-bond acceptors (Lipinski definition) is 7. The third-order valence-electron chi connectivity index (χ3n) is 5.95. The van der Waals surface area contributed by atoms with Crippen LogP contribution < -0.4 is 4.90 Å². The topological polar surface area (TPSA) is 104 Å². The smallest absolute Gasteiger partial charge is 0.419 e. The van der Waals surface area contributed by atoms with Gasteiger partial charge in [-0.3, -0.25) is 0 Å². The third-order valence-corrected chi connectivity index (χ3v) is 7.22. The van der Waals surface area contributed by atoms with Crippen LogP contribution in [0.15, 0.2) is 12.3 Å². The number of aryl methyl sites for hydroxylation is 1. The number of halogens is 5. The zero-order chi connectivity index (χ0) is 25.9. The van der Waals surface area contributed by atoms with Crippen molar-refractivity contribution in [3.63, 3.8) is 0 Å². The number of rotatable bonds is 4. The molecule has 4 rings (SSSR count). The lowest BCUT2D eigenvalue weighted by Gasteiger charge is -2.40. The highest BCUT2D eigenvalue weighted by Crippen LogP contribution is 2.41. The molecule has 1 aliphatic rings. The quantitative estimate of drug-likeness (QED) is 0.528. The zero-order valence-corrected chi connectivity index (χ0v) is 19.6. The standard InChI is InChI=1S/C20H21F5N6O3S/c1-4-10-9-30(35(3,33)34)5-6-31(10)19-26-8-12-16(28-29(2)18(12)27-19)11-7-13(20(23,24)25)15(22)17(32)14(11)21/h7-8,10,32H,4-6,9H2,1-3H3/t10-/m1/s1. The number of aromatic hydroxyl groups is 1. The number of alkyl halides is 3. The summed E-state index contributed by atoms with van der Waals surface area (Å²) >= 11 is 0. The van der Waals surface area contributed by atoms with Gasteiger partial charge in [-0.25, -0.2) is 26.9 Å². The first-order valence-corrected chi connectivity index (χ1v) is 12.3. The lowest BCUT2D eigenvalue weighted by molar-refractivity contribution is -0.140. The number of phenols is 1. The minimum atomic E-state index is -5.18. The lowest BCUT2D eigenvalue weighted by atomic mass is 10.0. The van der Waals surface area contributed by atoms with Crippen LogP contribution in [0.3, 0.4) is 0 Å². The fourth-order valence-electron chi connectivity index (χ4n) is 4.11. The van der Waals surface area contributed by atoms with E-state index >= 15 is 0 Å². The van der Waals surface area contributed by atoms with Crippen molar-refractivity contribution in [2.24, 2.45) is 7.05 Å². The van der Waals surface area contributed by atoms with Gasteiger partial charge in [-0.1, -0.05) is 6.92 Å². The summed E-state index contributed by atoms with van der Waals surface area (Å²) in [6.45, 7) is 2.63. The maximum atomic E-state index is 14.6. The number of piperazine rings is 1. The molecule has 0 bridgehead atoms. The molecular formula is C20H21F5N6O3S. The highest BCUT2D eigenvalue weighted by Gasteiger charge is 2.38. The van der Waals surface area contributed by atoms with E-state index in [0.29, 0.717) is 13.0 Å². The van der Waals surface area contributed by atoms with Crippen LogP contribution in [-0.2, 0) is 23.2 Å². The largest absolute Gasteiger partial charge is 0.503 e. The van der Waals surface area contributed by atoms with Crippen LogP contribution in [0.25, 0.3) is 22.3 Å². The molecule has 3 heterocycles. The minimum absolute atomic E-state index is 0.0807. The van der Waals surface area contributed by atoms with Crippen LogP contribution in [0.1, 0.15) is 18.9 Å². The van der Waals surface area contributed by atoms with E-state index < -0.39 is 44.7 Å². The molecule has 1 fully saturated rings. The predicted molar refractivity (Wildman–Crippen MR) is 116 cm³/mol. The minimum Gasteiger partial charge on any atom is -0.503 e. The number of aromatic nitrogens is 4. The molecule has 190 valence electrons. The number of nitrogens with zero attached hydrogens (tertiary/aromatic N) is 6. The van der Waals surface area contributed by atoms with E-state index in [-0.39, 0.29) is 47.9 Å². The van der Waals surface area contributed by atoms with Crippen LogP contribution in [0.4, 0.5) is 27.9 Å². The second-order valence-electron chi connectivity index (χ2n) is 8.20. The second-order valence-corrected chi connectivity index (χ2v) is 10.2. The first-order valence-electron chi connectivity index (χ1n) is 10.4. The Hall–Kier alpha value is -3.07. The SMILES string of the molecule is CC[C@@H]1CN(S(C)(=O)=O)CCN1c1ncc2c(-c3cc(C(F)(F)F)c(F)c(O)c3F)nn(C)c2n1. The molecule has 0 radical (unpaired) electrons. The summed E-state index contributed by atoms with van der Waals surface area (Å²) in [7, 11) is -1.94. The van der Waals surface area contributed by atoms with Gasteiger partial charge in [0.15, 0.2) is 23.0 Å². The number of anilines is 1. The summed E-state index contributed by atoms with van der Waals surface area (Å²) in [5, 5.41) is 13.8. The van der Waals surface area contributed by atoms with Crippen molar-refractivity contribution in [3.05, 3.63) is 29.5 Å². The molecule has 0 saturated carbocycles. The third kappa shape index (κ3) is 4.37. The molecule has 3 aromatic rings. The van der Waals surface area contributed by atoms with Crippen LogP contribution in [0, 0.1) is 11.6 Å². The molecule has 1 aromatic carbocycles. The molecule has 1 aliphatic heterocycles. The molecule has 0 amide bonds. The Morgan fingerprint density at radius 1 is 1.20 bits per heavy atom.